The lowest BCUT2D eigenvalue weighted by molar-refractivity contribution is -0.125. The molecule has 0 N–H and O–H groups in total. The van der Waals surface area contributed by atoms with Crippen molar-refractivity contribution in [3.8, 4) is 0 Å². The molecule has 2 aromatic rings. The van der Waals surface area contributed by atoms with Gasteiger partial charge in [-0.05, 0) is 18.2 Å². The van der Waals surface area contributed by atoms with Gasteiger partial charge in [-0.15, -0.1) is 0 Å². The third-order valence-corrected chi connectivity index (χ3v) is 4.34. The summed E-state index contributed by atoms with van der Waals surface area (Å²) < 4.78 is 26.9. The fraction of sp³-hybridized carbons (Fsp3) is 0.167. The number of hydrogen-bond acceptors (Lipinski definition) is 4. The molecule has 0 unspecified atom stereocenters. The maximum Gasteiger partial charge on any atom is 0.268 e. The van der Waals surface area contributed by atoms with Gasteiger partial charge >= 0.3 is 0 Å². The molecule has 1 heterocycles. The van der Waals surface area contributed by atoms with E-state index in [9.17, 15) is 13.2 Å². The minimum atomic E-state index is -3.85. The van der Waals surface area contributed by atoms with E-state index in [2.05, 4.69) is 5.10 Å². The standard InChI is InChI=1S/C12H13N3O3S/c1-11(16)15(10-14-9-5-8-13-14)19(17,18)12-6-3-2-4-7-12/h2-9H,10H2,1H3. The van der Waals surface area contributed by atoms with Crippen LogP contribution < -0.4 is 0 Å². The van der Waals surface area contributed by atoms with Crippen molar-refractivity contribution in [1.82, 2.24) is 14.1 Å². The number of benzene rings is 1. The number of amides is 1. The van der Waals surface area contributed by atoms with Crippen molar-refractivity contribution in [3.63, 3.8) is 0 Å². The van der Waals surface area contributed by atoms with Crippen molar-refractivity contribution >= 4 is 15.9 Å². The molecule has 1 amide bonds. The average Bonchev–Trinajstić information content (AvgIpc) is 2.89. The second kappa shape index (κ2) is 5.23. The molecule has 1 aromatic carbocycles. The maximum atomic E-state index is 12.4. The van der Waals surface area contributed by atoms with Crippen molar-refractivity contribution in [1.29, 1.82) is 0 Å². The van der Waals surface area contributed by atoms with E-state index >= 15 is 0 Å². The number of carbonyl (C=O) groups excluding carboxylic acids is 1. The molecule has 100 valence electrons. The Morgan fingerprint density at radius 1 is 1.26 bits per heavy atom. The van der Waals surface area contributed by atoms with Crippen LogP contribution in [-0.2, 0) is 21.5 Å². The van der Waals surface area contributed by atoms with Crippen LogP contribution in [0.5, 0.6) is 0 Å². The smallest absolute Gasteiger partial charge is 0.268 e. The fourth-order valence-corrected chi connectivity index (χ4v) is 2.94. The molecule has 0 radical (unpaired) electrons. The van der Waals surface area contributed by atoms with Gasteiger partial charge in [-0.1, -0.05) is 18.2 Å². The van der Waals surface area contributed by atoms with E-state index in [1.807, 2.05) is 0 Å². The summed E-state index contributed by atoms with van der Waals surface area (Å²) in [6, 6.07) is 9.50. The number of aromatic nitrogens is 2. The lowest BCUT2D eigenvalue weighted by Crippen LogP contribution is -2.36. The van der Waals surface area contributed by atoms with Crippen LogP contribution in [0.3, 0.4) is 0 Å². The molecule has 1 aromatic heterocycles. The molecule has 0 saturated carbocycles. The van der Waals surface area contributed by atoms with E-state index in [-0.39, 0.29) is 11.6 Å². The number of rotatable bonds is 4. The minimum Gasteiger partial charge on any atom is -0.274 e. The van der Waals surface area contributed by atoms with Crippen LogP contribution >= 0.6 is 0 Å². The first kappa shape index (κ1) is 13.3. The highest BCUT2D eigenvalue weighted by atomic mass is 32.2. The zero-order chi connectivity index (χ0) is 13.9. The van der Waals surface area contributed by atoms with Gasteiger partial charge in [-0.2, -0.15) is 5.10 Å². The quantitative estimate of drug-likeness (QED) is 0.839. The summed E-state index contributed by atoms with van der Waals surface area (Å²) in [5.74, 6) is -0.556. The highest BCUT2D eigenvalue weighted by Crippen LogP contribution is 2.16. The van der Waals surface area contributed by atoms with Crippen LogP contribution in [0.15, 0.2) is 53.7 Å². The molecule has 0 bridgehead atoms. The Morgan fingerprint density at radius 3 is 2.47 bits per heavy atom. The Hall–Kier alpha value is -2.15. The predicted octanol–water partition coefficient (Wildman–Crippen LogP) is 1.08. The molecule has 2 rings (SSSR count). The number of nitrogens with zero attached hydrogens (tertiary/aromatic N) is 3. The van der Waals surface area contributed by atoms with Crippen LogP contribution in [0.2, 0.25) is 0 Å². The summed E-state index contributed by atoms with van der Waals surface area (Å²) in [4.78, 5) is 11.7. The zero-order valence-electron chi connectivity index (χ0n) is 10.3. The molecule has 19 heavy (non-hydrogen) atoms. The molecule has 7 heteroatoms. The van der Waals surface area contributed by atoms with Crippen molar-refractivity contribution in [2.24, 2.45) is 0 Å². The Balaban J connectivity index is 2.37. The van der Waals surface area contributed by atoms with Crippen molar-refractivity contribution in [2.75, 3.05) is 0 Å². The fourth-order valence-electron chi connectivity index (χ4n) is 1.58. The molecular weight excluding hydrogens is 266 g/mol. The van der Waals surface area contributed by atoms with E-state index < -0.39 is 15.9 Å². The summed E-state index contributed by atoms with van der Waals surface area (Å²) in [7, 11) is -3.85. The predicted molar refractivity (Wildman–Crippen MR) is 68.4 cm³/mol. The van der Waals surface area contributed by atoms with Crippen LogP contribution in [0, 0.1) is 0 Å². The Labute approximate surface area is 111 Å². The molecule has 0 fully saturated rings. The van der Waals surface area contributed by atoms with Crippen molar-refractivity contribution in [2.45, 2.75) is 18.5 Å². The van der Waals surface area contributed by atoms with Crippen molar-refractivity contribution < 1.29 is 13.2 Å². The van der Waals surface area contributed by atoms with Gasteiger partial charge in [0.1, 0.15) is 6.67 Å². The Kier molecular flexibility index (Phi) is 3.66. The lowest BCUT2D eigenvalue weighted by atomic mass is 10.4. The topological polar surface area (TPSA) is 72.3 Å². The van der Waals surface area contributed by atoms with Crippen LogP contribution in [-0.4, -0.2) is 28.4 Å². The maximum absolute atomic E-state index is 12.4. The number of hydrogen-bond donors (Lipinski definition) is 0. The first-order chi connectivity index (χ1) is 9.01. The summed E-state index contributed by atoms with van der Waals surface area (Å²) in [6.45, 7) is 1.07. The second-order valence-corrected chi connectivity index (χ2v) is 5.73. The van der Waals surface area contributed by atoms with Gasteiger partial charge < -0.3 is 0 Å². The molecule has 0 atom stereocenters. The van der Waals surface area contributed by atoms with Gasteiger partial charge in [0.15, 0.2) is 0 Å². The van der Waals surface area contributed by atoms with Crippen molar-refractivity contribution in [3.05, 3.63) is 48.8 Å². The lowest BCUT2D eigenvalue weighted by Gasteiger charge is -2.20. The number of sulfonamides is 1. The third-order valence-electron chi connectivity index (χ3n) is 2.51. The van der Waals surface area contributed by atoms with Gasteiger partial charge in [-0.3, -0.25) is 9.48 Å². The van der Waals surface area contributed by atoms with Gasteiger partial charge in [0.05, 0.1) is 4.90 Å². The molecule has 0 spiro atoms. The molecule has 0 aliphatic carbocycles. The zero-order valence-corrected chi connectivity index (χ0v) is 11.1. The van der Waals surface area contributed by atoms with Crippen LogP contribution in [0.4, 0.5) is 0 Å². The van der Waals surface area contributed by atoms with E-state index in [0.29, 0.717) is 0 Å². The summed E-state index contributed by atoms with van der Waals surface area (Å²) >= 11 is 0. The molecule has 6 nitrogen and oxygen atoms in total. The molecular formula is C12H13N3O3S. The highest BCUT2D eigenvalue weighted by molar-refractivity contribution is 7.89. The Morgan fingerprint density at radius 2 is 1.95 bits per heavy atom. The Bertz CT molecular complexity index is 651. The van der Waals surface area contributed by atoms with Gasteiger partial charge in [0.25, 0.3) is 10.0 Å². The van der Waals surface area contributed by atoms with Gasteiger partial charge in [-0.25, -0.2) is 12.7 Å². The van der Waals surface area contributed by atoms with E-state index in [0.717, 1.165) is 4.31 Å². The largest absolute Gasteiger partial charge is 0.274 e. The molecule has 0 aliphatic heterocycles. The van der Waals surface area contributed by atoms with Gasteiger partial charge in [0, 0.05) is 19.3 Å². The van der Waals surface area contributed by atoms with Crippen LogP contribution in [0.25, 0.3) is 0 Å². The number of carbonyl (C=O) groups is 1. The summed E-state index contributed by atoms with van der Waals surface area (Å²) in [6.07, 6.45) is 3.11. The first-order valence-corrected chi connectivity index (χ1v) is 7.01. The SMILES string of the molecule is CC(=O)N(Cn1cccn1)S(=O)(=O)c1ccccc1. The van der Waals surface area contributed by atoms with Gasteiger partial charge in [0.2, 0.25) is 5.91 Å². The molecule has 0 saturated heterocycles. The van der Waals surface area contributed by atoms with E-state index in [1.54, 1.807) is 30.5 Å². The minimum absolute atomic E-state index is 0.0809. The highest BCUT2D eigenvalue weighted by Gasteiger charge is 2.26. The van der Waals surface area contributed by atoms with E-state index in [1.165, 1.54) is 29.9 Å². The third kappa shape index (κ3) is 2.82. The normalized spacial score (nSPS) is 11.2. The monoisotopic (exact) mass is 279 g/mol. The summed E-state index contributed by atoms with van der Waals surface area (Å²) in [5.41, 5.74) is 0. The second-order valence-electron chi connectivity index (χ2n) is 3.87. The first-order valence-electron chi connectivity index (χ1n) is 5.57. The summed E-state index contributed by atoms with van der Waals surface area (Å²) in [5, 5.41) is 3.90. The van der Waals surface area contributed by atoms with E-state index in [4.69, 9.17) is 0 Å². The van der Waals surface area contributed by atoms with Crippen LogP contribution in [0.1, 0.15) is 6.92 Å². The average molecular weight is 279 g/mol. The molecule has 0 aliphatic rings.